The highest BCUT2D eigenvalue weighted by atomic mass is 16.5. The number of hydrogen-bond acceptors (Lipinski definition) is 4. The number of rotatable bonds is 4. The maximum Gasteiger partial charge on any atom is 0.271 e. The normalized spacial score (nSPS) is 17.4. The van der Waals surface area contributed by atoms with Gasteiger partial charge in [-0.1, -0.05) is 18.2 Å². The Labute approximate surface area is 145 Å². The average Bonchev–Trinajstić information content (AvgIpc) is 3.34. The van der Waals surface area contributed by atoms with Gasteiger partial charge in [-0.05, 0) is 25.0 Å². The Hall–Kier alpha value is -3.09. The molecule has 25 heavy (non-hydrogen) atoms. The molecule has 0 saturated carbocycles. The topological polar surface area (TPSA) is 86.9 Å². The van der Waals surface area contributed by atoms with E-state index in [-0.39, 0.29) is 11.8 Å². The fourth-order valence-electron chi connectivity index (χ4n) is 3.15. The van der Waals surface area contributed by atoms with Crippen LogP contribution < -0.4 is 4.74 Å². The summed E-state index contributed by atoms with van der Waals surface area (Å²) in [7, 11) is 0. The summed E-state index contributed by atoms with van der Waals surface area (Å²) in [6, 6.07) is 11.5. The van der Waals surface area contributed by atoms with Gasteiger partial charge in [-0.2, -0.15) is 0 Å². The molecule has 2 N–H and O–H groups in total. The molecule has 1 saturated heterocycles. The highest BCUT2D eigenvalue weighted by molar-refractivity contribution is 5.92. The number of carbonyl (C=O) groups excluding carboxylic acids is 1. The second-order valence-electron chi connectivity index (χ2n) is 6.13. The van der Waals surface area contributed by atoms with Crippen molar-refractivity contribution in [3.63, 3.8) is 0 Å². The Morgan fingerprint density at radius 1 is 1.28 bits per heavy atom. The number of imidazole rings is 1. The molecule has 0 aliphatic carbocycles. The molecule has 2 aromatic heterocycles. The van der Waals surface area contributed by atoms with Crippen LogP contribution in [-0.4, -0.2) is 44.1 Å². The van der Waals surface area contributed by atoms with E-state index in [1.165, 1.54) is 6.33 Å². The van der Waals surface area contributed by atoms with Crippen LogP contribution in [0.5, 0.6) is 11.6 Å². The number of likely N-dealkylation sites (tertiary alicyclic amines) is 1. The van der Waals surface area contributed by atoms with Gasteiger partial charge >= 0.3 is 0 Å². The summed E-state index contributed by atoms with van der Waals surface area (Å²) < 4.78 is 5.75. The number of benzene rings is 1. The molecule has 1 aliphatic heterocycles. The van der Waals surface area contributed by atoms with Crippen molar-refractivity contribution in [3.8, 4) is 11.6 Å². The predicted octanol–water partition coefficient (Wildman–Crippen LogP) is 2.94. The molecule has 4 rings (SSSR count). The molecular formula is C18H19N5O2. The molecule has 7 nitrogen and oxygen atoms in total. The number of H-pyrrole nitrogens is 2. The van der Waals surface area contributed by atoms with Crippen LogP contribution in [0.15, 0.2) is 48.9 Å². The van der Waals surface area contributed by atoms with Crippen molar-refractivity contribution in [2.45, 2.75) is 18.8 Å². The highest BCUT2D eigenvalue weighted by Crippen LogP contribution is 2.29. The predicted molar refractivity (Wildman–Crippen MR) is 91.6 cm³/mol. The van der Waals surface area contributed by atoms with E-state index in [0.717, 1.165) is 30.8 Å². The zero-order valence-corrected chi connectivity index (χ0v) is 13.7. The third-order valence-corrected chi connectivity index (χ3v) is 4.42. The van der Waals surface area contributed by atoms with E-state index in [2.05, 4.69) is 20.2 Å². The summed E-state index contributed by atoms with van der Waals surface area (Å²) in [5, 5.41) is 7.30. The number of ether oxygens (including phenoxy) is 1. The zero-order chi connectivity index (χ0) is 17.1. The minimum atomic E-state index is -0.0116. The lowest BCUT2D eigenvalue weighted by Crippen LogP contribution is -2.39. The molecule has 1 atom stereocenters. The van der Waals surface area contributed by atoms with Crippen LogP contribution in [0, 0.1) is 0 Å². The maximum atomic E-state index is 12.5. The number of carbonyl (C=O) groups is 1. The maximum absolute atomic E-state index is 12.5. The molecule has 0 radical (unpaired) electrons. The fraction of sp³-hybridized carbons (Fsp3) is 0.278. The molecule has 0 bridgehead atoms. The zero-order valence-electron chi connectivity index (χ0n) is 13.7. The van der Waals surface area contributed by atoms with Crippen LogP contribution in [0.4, 0.5) is 0 Å². The average molecular weight is 337 g/mol. The summed E-state index contributed by atoms with van der Waals surface area (Å²) in [5.41, 5.74) is 1.52. The number of amides is 1. The van der Waals surface area contributed by atoms with Gasteiger partial charge in [0.2, 0.25) is 5.88 Å². The van der Waals surface area contributed by atoms with E-state index in [1.807, 2.05) is 41.3 Å². The van der Waals surface area contributed by atoms with E-state index in [1.54, 1.807) is 6.20 Å². The lowest BCUT2D eigenvalue weighted by atomic mass is 9.94. The summed E-state index contributed by atoms with van der Waals surface area (Å²) in [6.45, 7) is 1.42. The Bertz CT molecular complexity index is 828. The van der Waals surface area contributed by atoms with Crippen LogP contribution >= 0.6 is 0 Å². The van der Waals surface area contributed by atoms with Gasteiger partial charge in [-0.25, -0.2) is 4.98 Å². The molecule has 7 heteroatoms. The van der Waals surface area contributed by atoms with Gasteiger partial charge in [0.15, 0.2) is 0 Å². The first-order chi connectivity index (χ1) is 12.3. The van der Waals surface area contributed by atoms with Crippen molar-refractivity contribution >= 4 is 5.91 Å². The molecular weight excluding hydrogens is 318 g/mol. The molecule has 3 aromatic rings. The van der Waals surface area contributed by atoms with Crippen molar-refractivity contribution in [2.75, 3.05) is 13.1 Å². The third kappa shape index (κ3) is 3.40. The van der Waals surface area contributed by atoms with Crippen molar-refractivity contribution in [1.82, 2.24) is 25.1 Å². The van der Waals surface area contributed by atoms with Gasteiger partial charge in [0.05, 0.1) is 12.5 Å². The summed E-state index contributed by atoms with van der Waals surface area (Å²) in [4.78, 5) is 21.2. The molecule has 0 unspecified atom stereocenters. The Balaban J connectivity index is 1.44. The Morgan fingerprint density at radius 2 is 2.16 bits per heavy atom. The van der Waals surface area contributed by atoms with E-state index in [0.29, 0.717) is 18.1 Å². The summed E-state index contributed by atoms with van der Waals surface area (Å²) in [5.74, 6) is 1.50. The largest absolute Gasteiger partial charge is 0.438 e. The Kier molecular flexibility index (Phi) is 4.20. The third-order valence-electron chi connectivity index (χ3n) is 4.42. The van der Waals surface area contributed by atoms with E-state index < -0.39 is 0 Å². The summed E-state index contributed by atoms with van der Waals surface area (Å²) in [6.07, 6.45) is 5.06. The second kappa shape index (κ2) is 6.80. The van der Waals surface area contributed by atoms with Crippen LogP contribution in [0.25, 0.3) is 0 Å². The fourth-order valence-corrected chi connectivity index (χ4v) is 3.15. The smallest absolute Gasteiger partial charge is 0.271 e. The van der Waals surface area contributed by atoms with Gasteiger partial charge < -0.3 is 14.6 Å². The van der Waals surface area contributed by atoms with Gasteiger partial charge in [-0.3, -0.25) is 9.89 Å². The van der Waals surface area contributed by atoms with Crippen molar-refractivity contribution in [2.24, 2.45) is 0 Å². The second-order valence-corrected chi connectivity index (χ2v) is 6.13. The minimum absolute atomic E-state index is 0.0116. The summed E-state index contributed by atoms with van der Waals surface area (Å²) >= 11 is 0. The number of hydrogen-bond donors (Lipinski definition) is 2. The van der Waals surface area contributed by atoms with Gasteiger partial charge in [-0.15, -0.1) is 5.10 Å². The number of nitrogens with one attached hydrogen (secondary N) is 2. The minimum Gasteiger partial charge on any atom is -0.438 e. The van der Waals surface area contributed by atoms with Crippen molar-refractivity contribution in [3.05, 3.63) is 60.3 Å². The van der Waals surface area contributed by atoms with Crippen molar-refractivity contribution < 1.29 is 9.53 Å². The van der Waals surface area contributed by atoms with E-state index in [4.69, 9.17) is 4.74 Å². The van der Waals surface area contributed by atoms with Gasteiger partial charge in [0.25, 0.3) is 5.91 Å². The molecule has 1 aliphatic rings. The van der Waals surface area contributed by atoms with Crippen LogP contribution in [-0.2, 0) is 0 Å². The first-order valence-electron chi connectivity index (χ1n) is 8.35. The first kappa shape index (κ1) is 15.4. The number of para-hydroxylation sites is 1. The molecule has 128 valence electrons. The SMILES string of the molecule is O=C(c1cnc[nH]1)N1CCC[C@H](c2cc(Oc3ccccc3)n[nH]2)C1. The molecule has 0 spiro atoms. The lowest BCUT2D eigenvalue weighted by Gasteiger charge is -2.31. The molecule has 1 amide bonds. The van der Waals surface area contributed by atoms with Crippen LogP contribution in [0.2, 0.25) is 0 Å². The monoisotopic (exact) mass is 337 g/mol. The molecule has 3 heterocycles. The van der Waals surface area contributed by atoms with E-state index in [9.17, 15) is 4.79 Å². The molecule has 1 aromatic carbocycles. The molecule has 1 fully saturated rings. The van der Waals surface area contributed by atoms with Crippen LogP contribution in [0.3, 0.4) is 0 Å². The first-order valence-corrected chi connectivity index (χ1v) is 8.35. The van der Waals surface area contributed by atoms with Crippen LogP contribution in [0.1, 0.15) is 34.9 Å². The van der Waals surface area contributed by atoms with Gasteiger partial charge in [0, 0.05) is 30.8 Å². The quantitative estimate of drug-likeness (QED) is 0.766. The number of nitrogens with zero attached hydrogens (tertiary/aromatic N) is 3. The Morgan fingerprint density at radius 3 is 2.96 bits per heavy atom. The van der Waals surface area contributed by atoms with Gasteiger partial charge in [0.1, 0.15) is 11.4 Å². The number of aromatic nitrogens is 4. The lowest BCUT2D eigenvalue weighted by molar-refractivity contribution is 0.0700. The van der Waals surface area contributed by atoms with E-state index >= 15 is 0 Å². The van der Waals surface area contributed by atoms with Crippen molar-refractivity contribution in [1.29, 1.82) is 0 Å². The standard InChI is InChI=1S/C18H19N5O2/c24-18(16-10-19-12-20-16)23-8-4-5-13(11-23)15-9-17(22-21-15)25-14-6-2-1-3-7-14/h1-3,6-7,9-10,12-13H,4-5,8,11H2,(H,19,20)(H,21,22)/t13-/m0/s1. The number of aromatic amines is 2. The number of piperidine rings is 1. The highest BCUT2D eigenvalue weighted by Gasteiger charge is 2.27.